The lowest BCUT2D eigenvalue weighted by Gasteiger charge is -2.14. The van der Waals surface area contributed by atoms with Crippen molar-refractivity contribution in [3.63, 3.8) is 0 Å². The maximum atomic E-state index is 13.2. The number of para-hydroxylation sites is 1. The van der Waals surface area contributed by atoms with E-state index in [2.05, 4.69) is 10.3 Å². The Bertz CT molecular complexity index is 1340. The van der Waals surface area contributed by atoms with Gasteiger partial charge in [-0.2, -0.15) is 0 Å². The smallest absolute Gasteiger partial charge is 0.282 e. The molecule has 0 aliphatic heterocycles. The predicted molar refractivity (Wildman–Crippen MR) is 127 cm³/mol. The lowest BCUT2D eigenvalue weighted by Crippen LogP contribution is -2.15. The first-order valence-corrected chi connectivity index (χ1v) is 10.9. The molecule has 33 heavy (non-hydrogen) atoms. The van der Waals surface area contributed by atoms with Crippen LogP contribution in [0.1, 0.15) is 38.2 Å². The molecule has 8 nitrogen and oxygen atoms in total. The van der Waals surface area contributed by atoms with Gasteiger partial charge in [-0.15, -0.1) is 11.3 Å². The van der Waals surface area contributed by atoms with Crippen LogP contribution in [0.5, 0.6) is 0 Å². The monoisotopic (exact) mass is 463 g/mol. The third-order valence-electron chi connectivity index (χ3n) is 5.15. The van der Waals surface area contributed by atoms with Gasteiger partial charge in [-0.25, -0.2) is 4.98 Å². The number of aromatic nitrogens is 1. The molecule has 4 rings (SSSR count). The average molecular weight is 464 g/mol. The molecule has 0 fully saturated rings. The Balaban J connectivity index is 1.89. The van der Waals surface area contributed by atoms with Gasteiger partial charge in [-0.1, -0.05) is 42.5 Å². The van der Waals surface area contributed by atoms with Crippen LogP contribution in [0.25, 0.3) is 10.2 Å². The third kappa shape index (κ3) is 4.47. The number of nitrogens with zero attached hydrogens (tertiary/aromatic N) is 2. The maximum Gasteiger partial charge on any atom is 0.282 e. The van der Waals surface area contributed by atoms with Crippen LogP contribution in [0.15, 0.2) is 60.7 Å². The molecule has 2 heterocycles. The first kappa shape index (κ1) is 22.5. The number of hydrogen-bond donors (Lipinski definition) is 2. The van der Waals surface area contributed by atoms with Crippen molar-refractivity contribution in [3.8, 4) is 0 Å². The fourth-order valence-electron chi connectivity index (χ4n) is 3.71. The van der Waals surface area contributed by atoms with Gasteiger partial charge in [0.1, 0.15) is 16.5 Å². The van der Waals surface area contributed by atoms with E-state index in [1.54, 1.807) is 25.3 Å². The zero-order valence-electron chi connectivity index (χ0n) is 17.9. The number of thiophene rings is 1. The number of carbonyl (C=O) groups excluding carboxylic acids is 1. The number of amides is 1. The van der Waals surface area contributed by atoms with Gasteiger partial charge in [0, 0.05) is 24.3 Å². The molecular formula is C24H21N3O5S. The van der Waals surface area contributed by atoms with Gasteiger partial charge in [-0.3, -0.25) is 14.9 Å². The Morgan fingerprint density at radius 1 is 1.21 bits per heavy atom. The second-order valence-electron chi connectivity index (χ2n) is 7.42. The van der Waals surface area contributed by atoms with Crippen molar-refractivity contribution < 1.29 is 19.6 Å². The number of anilines is 1. The van der Waals surface area contributed by atoms with Crippen LogP contribution in [0.2, 0.25) is 0 Å². The Kier molecular flexibility index (Phi) is 6.45. The summed E-state index contributed by atoms with van der Waals surface area (Å²) in [5.74, 6) is -0.646. The van der Waals surface area contributed by atoms with E-state index in [4.69, 9.17) is 4.74 Å². The highest BCUT2D eigenvalue weighted by Crippen LogP contribution is 2.43. The number of nitro groups is 1. The number of nitrogens with one attached hydrogen (secondary N) is 1. The zero-order chi connectivity index (χ0) is 23.5. The summed E-state index contributed by atoms with van der Waals surface area (Å²) in [5, 5.41) is 26.1. The standard InChI is InChI=1S/C24H21N3O5S/c1-14-12-16(13-32-2)19-20(26-23(29)17-10-6-7-11-18(17)27(30)31)22(33-24(19)25-14)21(28)15-8-4-3-5-9-15/h3-12,21,28H,13H2,1-2H3,(H,26,29)/t21-/m1/s1. The molecule has 0 bridgehead atoms. The minimum atomic E-state index is -1.03. The second-order valence-corrected chi connectivity index (χ2v) is 8.45. The van der Waals surface area contributed by atoms with E-state index in [1.165, 1.54) is 29.5 Å². The summed E-state index contributed by atoms with van der Waals surface area (Å²) >= 11 is 1.26. The van der Waals surface area contributed by atoms with Crippen LogP contribution in [0, 0.1) is 17.0 Å². The third-order valence-corrected chi connectivity index (χ3v) is 6.28. The van der Waals surface area contributed by atoms with E-state index in [9.17, 15) is 20.0 Å². The van der Waals surface area contributed by atoms with E-state index >= 15 is 0 Å². The topological polar surface area (TPSA) is 115 Å². The molecule has 2 aromatic carbocycles. The zero-order valence-corrected chi connectivity index (χ0v) is 18.8. The van der Waals surface area contributed by atoms with Crippen molar-refractivity contribution in [2.75, 3.05) is 12.4 Å². The van der Waals surface area contributed by atoms with Gasteiger partial charge in [0.05, 0.1) is 22.1 Å². The number of rotatable bonds is 7. The van der Waals surface area contributed by atoms with E-state index < -0.39 is 16.9 Å². The van der Waals surface area contributed by atoms with Crippen LogP contribution in [-0.2, 0) is 11.3 Å². The molecule has 1 amide bonds. The number of aliphatic hydroxyl groups excluding tert-OH is 1. The summed E-state index contributed by atoms with van der Waals surface area (Å²) in [6.45, 7) is 2.13. The summed E-state index contributed by atoms with van der Waals surface area (Å²) in [4.78, 5) is 29.7. The Labute approximate surface area is 193 Å². The highest BCUT2D eigenvalue weighted by molar-refractivity contribution is 7.19. The minimum Gasteiger partial charge on any atom is -0.383 e. The molecule has 9 heteroatoms. The molecule has 0 saturated heterocycles. The van der Waals surface area contributed by atoms with Crippen LogP contribution < -0.4 is 5.32 Å². The summed E-state index contributed by atoms with van der Waals surface area (Å²) in [6, 6.07) is 16.7. The summed E-state index contributed by atoms with van der Waals surface area (Å²) in [7, 11) is 1.57. The number of nitro benzene ring substituents is 1. The minimum absolute atomic E-state index is 0.0737. The molecule has 2 N–H and O–H groups in total. The number of fused-ring (bicyclic) bond motifs is 1. The molecule has 0 spiro atoms. The van der Waals surface area contributed by atoms with E-state index in [0.29, 0.717) is 26.3 Å². The van der Waals surface area contributed by atoms with Crippen LogP contribution in [-0.4, -0.2) is 28.0 Å². The van der Waals surface area contributed by atoms with Gasteiger partial charge in [0.25, 0.3) is 11.6 Å². The molecule has 0 radical (unpaired) electrons. The van der Waals surface area contributed by atoms with Crippen molar-refractivity contribution in [1.82, 2.24) is 4.98 Å². The Morgan fingerprint density at radius 2 is 1.91 bits per heavy atom. The summed E-state index contributed by atoms with van der Waals surface area (Å²) in [6.07, 6.45) is -1.03. The van der Waals surface area contributed by atoms with E-state index in [-0.39, 0.29) is 17.9 Å². The SMILES string of the molecule is COCc1cc(C)nc2sc([C@H](O)c3ccccc3)c(NC(=O)c3ccccc3[N+](=O)[O-])c12. The molecule has 4 aromatic rings. The first-order chi connectivity index (χ1) is 15.9. The summed E-state index contributed by atoms with van der Waals surface area (Å²) in [5.41, 5.74) is 2.21. The number of ether oxygens (including phenoxy) is 1. The van der Waals surface area contributed by atoms with E-state index in [1.807, 2.05) is 31.2 Å². The van der Waals surface area contributed by atoms with Crippen LogP contribution in [0.4, 0.5) is 11.4 Å². The van der Waals surface area contributed by atoms with Crippen molar-refractivity contribution in [2.45, 2.75) is 19.6 Å². The predicted octanol–water partition coefficient (Wildman–Crippen LogP) is 4.99. The van der Waals surface area contributed by atoms with Crippen LogP contribution >= 0.6 is 11.3 Å². The second kappa shape index (κ2) is 9.45. The quantitative estimate of drug-likeness (QED) is 0.295. The lowest BCUT2D eigenvalue weighted by atomic mass is 10.0. The van der Waals surface area contributed by atoms with Crippen molar-refractivity contribution in [2.24, 2.45) is 0 Å². The Morgan fingerprint density at radius 3 is 2.61 bits per heavy atom. The van der Waals surface area contributed by atoms with Gasteiger partial charge in [0.15, 0.2) is 0 Å². The molecule has 0 saturated carbocycles. The molecule has 0 aliphatic carbocycles. The summed E-state index contributed by atoms with van der Waals surface area (Å²) < 4.78 is 5.35. The van der Waals surface area contributed by atoms with E-state index in [0.717, 1.165) is 11.3 Å². The number of benzene rings is 2. The van der Waals surface area contributed by atoms with Crippen molar-refractivity contribution in [1.29, 1.82) is 0 Å². The van der Waals surface area contributed by atoms with Gasteiger partial charge < -0.3 is 15.2 Å². The average Bonchev–Trinajstić information content (AvgIpc) is 3.17. The van der Waals surface area contributed by atoms with Crippen LogP contribution in [0.3, 0.4) is 0 Å². The number of aliphatic hydroxyl groups is 1. The lowest BCUT2D eigenvalue weighted by molar-refractivity contribution is -0.385. The van der Waals surface area contributed by atoms with Gasteiger partial charge in [0.2, 0.25) is 0 Å². The Hall–Kier alpha value is -3.66. The van der Waals surface area contributed by atoms with Gasteiger partial charge >= 0.3 is 0 Å². The molecule has 0 unspecified atom stereocenters. The molecule has 1 atom stereocenters. The maximum absolute atomic E-state index is 13.2. The highest BCUT2D eigenvalue weighted by atomic mass is 32.1. The number of methoxy groups -OCH3 is 1. The number of hydrogen-bond acceptors (Lipinski definition) is 7. The molecule has 2 aromatic heterocycles. The van der Waals surface area contributed by atoms with Gasteiger partial charge in [-0.05, 0) is 30.2 Å². The first-order valence-electron chi connectivity index (χ1n) is 10.1. The largest absolute Gasteiger partial charge is 0.383 e. The fourth-order valence-corrected chi connectivity index (χ4v) is 4.94. The molecular weight excluding hydrogens is 442 g/mol. The molecule has 0 aliphatic rings. The van der Waals surface area contributed by atoms with Crippen molar-refractivity contribution in [3.05, 3.63) is 98.0 Å². The number of carbonyl (C=O) groups is 1. The highest BCUT2D eigenvalue weighted by Gasteiger charge is 2.27. The number of pyridine rings is 1. The van der Waals surface area contributed by atoms with Crippen molar-refractivity contribution >= 4 is 38.8 Å². The normalized spacial score (nSPS) is 12.0. The molecule has 168 valence electrons. The fraction of sp³-hybridized carbons (Fsp3) is 0.167. The number of aryl methyl sites for hydroxylation is 1.